The molecule has 1 aromatic carbocycles. The van der Waals surface area contributed by atoms with Crippen LogP contribution in [0.1, 0.15) is 38.1 Å². The summed E-state index contributed by atoms with van der Waals surface area (Å²) in [5.41, 5.74) is 6.55. The van der Waals surface area contributed by atoms with Gasteiger partial charge in [0, 0.05) is 37.4 Å². The molecule has 26 heavy (non-hydrogen) atoms. The van der Waals surface area contributed by atoms with E-state index in [4.69, 9.17) is 4.74 Å². The maximum atomic E-state index is 12.2. The molecule has 0 spiro atoms. The van der Waals surface area contributed by atoms with Gasteiger partial charge in [-0.1, -0.05) is 0 Å². The fourth-order valence-corrected chi connectivity index (χ4v) is 3.27. The quantitative estimate of drug-likeness (QED) is 0.749. The standard InChI is InChI=1S/C19H30N4O3/c1-5-23(6-2)17-9-7-16(8-10-17)19(25)21-20-18(24)13-22-11-14(3)26-15(4)12-22/h7-10,14-15H,5-6,11-13H2,1-4H3,(H,20,24)(H,21,25)/t14-,15-/m1/s1. The Morgan fingerprint density at radius 3 is 2.19 bits per heavy atom. The molecule has 7 heteroatoms. The first-order valence-corrected chi connectivity index (χ1v) is 9.24. The molecule has 1 saturated heterocycles. The van der Waals surface area contributed by atoms with Gasteiger partial charge in [0.1, 0.15) is 0 Å². The lowest BCUT2D eigenvalue weighted by atomic mass is 10.2. The number of ether oxygens (including phenoxy) is 1. The molecule has 0 unspecified atom stereocenters. The molecule has 1 heterocycles. The van der Waals surface area contributed by atoms with Crippen LogP contribution < -0.4 is 15.8 Å². The molecule has 1 aromatic rings. The van der Waals surface area contributed by atoms with Crippen molar-refractivity contribution in [2.24, 2.45) is 0 Å². The van der Waals surface area contributed by atoms with E-state index in [-0.39, 0.29) is 30.6 Å². The third-order valence-corrected chi connectivity index (χ3v) is 4.44. The fourth-order valence-electron chi connectivity index (χ4n) is 3.27. The maximum absolute atomic E-state index is 12.2. The summed E-state index contributed by atoms with van der Waals surface area (Å²) < 4.78 is 5.65. The number of anilines is 1. The summed E-state index contributed by atoms with van der Waals surface area (Å²) >= 11 is 0. The molecular formula is C19H30N4O3. The number of hydrogen-bond acceptors (Lipinski definition) is 5. The Labute approximate surface area is 155 Å². The van der Waals surface area contributed by atoms with Crippen LogP contribution in [-0.4, -0.2) is 61.6 Å². The summed E-state index contributed by atoms with van der Waals surface area (Å²) in [6.07, 6.45) is 0.205. The molecule has 1 fully saturated rings. The van der Waals surface area contributed by atoms with Crippen molar-refractivity contribution in [2.45, 2.75) is 39.9 Å². The van der Waals surface area contributed by atoms with Crippen molar-refractivity contribution in [1.29, 1.82) is 0 Å². The number of amides is 2. The Kier molecular flexibility index (Phi) is 7.41. The monoisotopic (exact) mass is 362 g/mol. The number of nitrogens with one attached hydrogen (secondary N) is 2. The Balaban J connectivity index is 1.81. The summed E-state index contributed by atoms with van der Waals surface area (Å²) in [5, 5.41) is 0. The lowest BCUT2D eigenvalue weighted by Crippen LogP contribution is -2.51. The van der Waals surface area contributed by atoms with E-state index in [1.54, 1.807) is 12.1 Å². The van der Waals surface area contributed by atoms with Gasteiger partial charge in [0.25, 0.3) is 11.8 Å². The molecule has 0 bridgehead atoms. The van der Waals surface area contributed by atoms with Crippen molar-refractivity contribution < 1.29 is 14.3 Å². The molecular weight excluding hydrogens is 332 g/mol. The second kappa shape index (κ2) is 9.54. The number of rotatable bonds is 6. The predicted molar refractivity (Wildman–Crippen MR) is 102 cm³/mol. The third kappa shape index (κ3) is 5.71. The van der Waals surface area contributed by atoms with Crippen LogP contribution in [0.3, 0.4) is 0 Å². The number of hydrogen-bond donors (Lipinski definition) is 2. The average molecular weight is 362 g/mol. The molecule has 2 rings (SSSR count). The number of carbonyl (C=O) groups is 2. The van der Waals surface area contributed by atoms with Gasteiger partial charge in [-0.25, -0.2) is 0 Å². The Morgan fingerprint density at radius 1 is 1.08 bits per heavy atom. The van der Waals surface area contributed by atoms with Gasteiger partial charge in [0.15, 0.2) is 0 Å². The molecule has 0 aliphatic carbocycles. The Morgan fingerprint density at radius 2 is 1.65 bits per heavy atom. The van der Waals surface area contributed by atoms with Gasteiger partial charge in [-0.15, -0.1) is 0 Å². The van der Waals surface area contributed by atoms with Crippen molar-refractivity contribution in [3.05, 3.63) is 29.8 Å². The third-order valence-electron chi connectivity index (χ3n) is 4.44. The van der Waals surface area contributed by atoms with Crippen molar-refractivity contribution in [3.63, 3.8) is 0 Å². The smallest absolute Gasteiger partial charge is 0.269 e. The van der Waals surface area contributed by atoms with Crippen molar-refractivity contribution in [2.75, 3.05) is 37.6 Å². The molecule has 0 aromatic heterocycles. The van der Waals surface area contributed by atoms with E-state index in [1.165, 1.54) is 0 Å². The summed E-state index contributed by atoms with van der Waals surface area (Å²) in [4.78, 5) is 28.5. The lowest BCUT2D eigenvalue weighted by molar-refractivity contribution is -0.126. The van der Waals surface area contributed by atoms with Crippen LogP contribution in [-0.2, 0) is 9.53 Å². The predicted octanol–water partition coefficient (Wildman–Crippen LogP) is 1.40. The molecule has 2 atom stereocenters. The van der Waals surface area contributed by atoms with Crippen LogP contribution in [0.25, 0.3) is 0 Å². The van der Waals surface area contributed by atoms with Gasteiger partial charge in [-0.05, 0) is 52.0 Å². The van der Waals surface area contributed by atoms with E-state index >= 15 is 0 Å². The zero-order chi connectivity index (χ0) is 19.1. The van der Waals surface area contributed by atoms with E-state index in [2.05, 4.69) is 29.6 Å². The SMILES string of the molecule is CCN(CC)c1ccc(C(=O)NNC(=O)CN2C[C@@H](C)O[C@H](C)C2)cc1. The summed E-state index contributed by atoms with van der Waals surface area (Å²) in [7, 11) is 0. The van der Waals surface area contributed by atoms with Gasteiger partial charge < -0.3 is 9.64 Å². The minimum Gasteiger partial charge on any atom is -0.373 e. The molecule has 1 aliphatic rings. The van der Waals surface area contributed by atoms with Gasteiger partial charge in [-0.2, -0.15) is 0 Å². The van der Waals surface area contributed by atoms with E-state index in [0.29, 0.717) is 18.7 Å². The van der Waals surface area contributed by atoms with Crippen molar-refractivity contribution in [3.8, 4) is 0 Å². The number of carbonyl (C=O) groups excluding carboxylic acids is 2. The summed E-state index contributed by atoms with van der Waals surface area (Å²) in [5.74, 6) is -0.562. The maximum Gasteiger partial charge on any atom is 0.269 e. The van der Waals surface area contributed by atoms with Crippen LogP contribution in [0.5, 0.6) is 0 Å². The first-order valence-electron chi connectivity index (χ1n) is 9.24. The topological polar surface area (TPSA) is 73.9 Å². The van der Waals surface area contributed by atoms with Gasteiger partial charge in [-0.3, -0.25) is 25.3 Å². The van der Waals surface area contributed by atoms with E-state index in [9.17, 15) is 9.59 Å². The van der Waals surface area contributed by atoms with E-state index < -0.39 is 0 Å². The molecule has 2 N–H and O–H groups in total. The average Bonchev–Trinajstić information content (AvgIpc) is 2.60. The normalized spacial score (nSPS) is 20.5. The van der Waals surface area contributed by atoms with Crippen LogP contribution in [0.15, 0.2) is 24.3 Å². The zero-order valence-electron chi connectivity index (χ0n) is 16.1. The zero-order valence-corrected chi connectivity index (χ0v) is 16.1. The van der Waals surface area contributed by atoms with Gasteiger partial charge in [0.2, 0.25) is 0 Å². The van der Waals surface area contributed by atoms with Gasteiger partial charge >= 0.3 is 0 Å². The van der Waals surface area contributed by atoms with Crippen molar-refractivity contribution in [1.82, 2.24) is 15.8 Å². The Bertz CT molecular complexity index is 591. The minimum absolute atomic E-state index is 0.102. The van der Waals surface area contributed by atoms with E-state index in [0.717, 1.165) is 18.8 Å². The minimum atomic E-state index is -0.326. The van der Waals surface area contributed by atoms with E-state index in [1.807, 2.05) is 30.9 Å². The number of benzene rings is 1. The van der Waals surface area contributed by atoms with Crippen LogP contribution in [0.4, 0.5) is 5.69 Å². The highest BCUT2D eigenvalue weighted by molar-refractivity contribution is 5.95. The van der Waals surface area contributed by atoms with Crippen LogP contribution in [0.2, 0.25) is 0 Å². The van der Waals surface area contributed by atoms with Crippen LogP contribution in [0, 0.1) is 0 Å². The second-order valence-electron chi connectivity index (χ2n) is 6.67. The highest BCUT2D eigenvalue weighted by Gasteiger charge is 2.23. The molecule has 0 radical (unpaired) electrons. The first kappa shape index (κ1) is 20.2. The molecule has 1 aliphatic heterocycles. The fraction of sp³-hybridized carbons (Fsp3) is 0.579. The second-order valence-corrected chi connectivity index (χ2v) is 6.67. The lowest BCUT2D eigenvalue weighted by Gasteiger charge is -2.34. The van der Waals surface area contributed by atoms with Crippen molar-refractivity contribution >= 4 is 17.5 Å². The molecule has 2 amide bonds. The first-order chi connectivity index (χ1) is 12.4. The molecule has 7 nitrogen and oxygen atoms in total. The van der Waals surface area contributed by atoms with Crippen LogP contribution >= 0.6 is 0 Å². The largest absolute Gasteiger partial charge is 0.373 e. The number of nitrogens with zero attached hydrogens (tertiary/aromatic N) is 2. The molecule has 144 valence electrons. The highest BCUT2D eigenvalue weighted by Crippen LogP contribution is 2.14. The molecule has 0 saturated carbocycles. The number of morpholine rings is 1. The highest BCUT2D eigenvalue weighted by atomic mass is 16.5. The Hall–Kier alpha value is -2.12. The summed E-state index contributed by atoms with van der Waals surface area (Å²) in [6, 6.07) is 7.36. The number of hydrazine groups is 1. The summed E-state index contributed by atoms with van der Waals surface area (Å²) in [6.45, 7) is 11.6. The van der Waals surface area contributed by atoms with Gasteiger partial charge in [0.05, 0.1) is 18.8 Å².